The number of nitrogens with one attached hydrogen (secondary N) is 2. The summed E-state index contributed by atoms with van der Waals surface area (Å²) in [5.74, 6) is 0. The highest BCUT2D eigenvalue weighted by molar-refractivity contribution is 7.16. The minimum Gasteiger partial charge on any atom is -0.370 e. The molecule has 1 aromatic heterocycles. The summed E-state index contributed by atoms with van der Waals surface area (Å²) < 4.78 is 38.5. The average molecular weight is 450 g/mol. The fourth-order valence-electron chi connectivity index (χ4n) is 4.57. The molecule has 2 unspecified atom stereocenters. The highest BCUT2D eigenvalue weighted by Gasteiger charge is 2.32. The predicted molar refractivity (Wildman–Crippen MR) is 116 cm³/mol. The molecule has 31 heavy (non-hydrogen) atoms. The Morgan fingerprint density at radius 1 is 1.06 bits per heavy atom. The zero-order valence-electron chi connectivity index (χ0n) is 17.2. The summed E-state index contributed by atoms with van der Waals surface area (Å²) in [4.78, 5) is 7.08. The molecular formula is C22H26F3N5S. The Hall–Kier alpha value is -2.31. The third-order valence-corrected chi connectivity index (χ3v) is 6.95. The molecule has 2 N–H and O–H groups in total. The lowest BCUT2D eigenvalue weighted by Gasteiger charge is -2.40. The van der Waals surface area contributed by atoms with E-state index in [0.29, 0.717) is 10.9 Å². The van der Waals surface area contributed by atoms with E-state index in [2.05, 4.69) is 26.6 Å². The van der Waals surface area contributed by atoms with Crippen molar-refractivity contribution in [2.75, 3.05) is 23.3 Å². The second-order valence-corrected chi connectivity index (χ2v) is 9.31. The van der Waals surface area contributed by atoms with Crippen molar-refractivity contribution in [3.05, 3.63) is 40.9 Å². The second-order valence-electron chi connectivity index (χ2n) is 8.28. The molecule has 0 spiro atoms. The van der Waals surface area contributed by atoms with Gasteiger partial charge >= 0.3 is 6.18 Å². The van der Waals surface area contributed by atoms with Crippen LogP contribution in [-0.2, 0) is 6.18 Å². The van der Waals surface area contributed by atoms with Crippen LogP contribution in [0.1, 0.15) is 49.0 Å². The van der Waals surface area contributed by atoms with E-state index in [1.165, 1.54) is 17.8 Å². The molecule has 4 rings (SSSR count). The van der Waals surface area contributed by atoms with Gasteiger partial charge in [-0.25, -0.2) is 4.98 Å². The topological polar surface area (TPSA) is 64.0 Å². The van der Waals surface area contributed by atoms with Crippen LogP contribution in [0.2, 0.25) is 0 Å². The summed E-state index contributed by atoms with van der Waals surface area (Å²) in [6, 6.07) is 8.45. The Morgan fingerprint density at radius 3 is 2.48 bits per heavy atom. The zero-order chi connectivity index (χ0) is 21.8. The van der Waals surface area contributed by atoms with E-state index in [-0.39, 0.29) is 12.1 Å². The molecule has 9 heteroatoms. The number of aromatic nitrogens is 1. The van der Waals surface area contributed by atoms with E-state index in [1.807, 2.05) is 0 Å². The molecule has 166 valence electrons. The first-order valence-corrected chi connectivity index (χ1v) is 11.5. The SMILES string of the molecule is N#Cc1cnc(NC2CCCC[C@H]2NC2CCCN(c3ccc(C(F)(F)F)cc3)C2)s1. The van der Waals surface area contributed by atoms with Gasteiger partial charge in [-0.3, -0.25) is 0 Å². The van der Waals surface area contributed by atoms with Crippen LogP contribution in [0.3, 0.4) is 0 Å². The third kappa shape index (κ3) is 5.49. The van der Waals surface area contributed by atoms with Gasteiger partial charge in [-0.05, 0) is 49.9 Å². The molecule has 5 nitrogen and oxygen atoms in total. The highest BCUT2D eigenvalue weighted by Crippen LogP contribution is 2.31. The number of thiazole rings is 1. The summed E-state index contributed by atoms with van der Waals surface area (Å²) >= 11 is 1.38. The van der Waals surface area contributed by atoms with Gasteiger partial charge in [0.05, 0.1) is 11.8 Å². The summed E-state index contributed by atoms with van der Waals surface area (Å²) in [5.41, 5.74) is 0.227. The summed E-state index contributed by atoms with van der Waals surface area (Å²) in [5, 5.41) is 17.1. The van der Waals surface area contributed by atoms with E-state index in [4.69, 9.17) is 5.26 Å². The van der Waals surface area contributed by atoms with Crippen molar-refractivity contribution in [3.63, 3.8) is 0 Å². The van der Waals surface area contributed by atoms with E-state index < -0.39 is 11.7 Å². The number of nitrogens with zero attached hydrogens (tertiary/aromatic N) is 3. The van der Waals surface area contributed by atoms with E-state index in [9.17, 15) is 13.2 Å². The fraction of sp³-hybridized carbons (Fsp3) is 0.545. The quantitative estimate of drug-likeness (QED) is 0.672. The van der Waals surface area contributed by atoms with Crippen LogP contribution < -0.4 is 15.5 Å². The Kier molecular flexibility index (Phi) is 6.68. The van der Waals surface area contributed by atoms with Crippen molar-refractivity contribution in [3.8, 4) is 6.07 Å². The maximum Gasteiger partial charge on any atom is 0.416 e. The molecule has 2 fully saturated rings. The lowest BCUT2D eigenvalue weighted by atomic mass is 9.89. The normalized spacial score (nSPS) is 24.6. The molecular weight excluding hydrogens is 423 g/mol. The van der Waals surface area contributed by atoms with Crippen LogP contribution in [0, 0.1) is 11.3 Å². The smallest absolute Gasteiger partial charge is 0.370 e. The number of anilines is 2. The van der Waals surface area contributed by atoms with Crippen LogP contribution in [-0.4, -0.2) is 36.2 Å². The van der Waals surface area contributed by atoms with Crippen molar-refractivity contribution in [1.82, 2.24) is 10.3 Å². The molecule has 1 saturated heterocycles. The summed E-state index contributed by atoms with van der Waals surface area (Å²) in [6.45, 7) is 1.64. The van der Waals surface area contributed by atoms with Crippen LogP contribution in [0.25, 0.3) is 0 Å². The lowest BCUT2D eigenvalue weighted by Crippen LogP contribution is -2.54. The number of rotatable bonds is 5. The minimum absolute atomic E-state index is 0.257. The van der Waals surface area contributed by atoms with Gasteiger partial charge in [0.25, 0.3) is 0 Å². The maximum atomic E-state index is 12.8. The monoisotopic (exact) mass is 449 g/mol. The zero-order valence-corrected chi connectivity index (χ0v) is 18.0. The number of alkyl halides is 3. The largest absolute Gasteiger partial charge is 0.416 e. The first kappa shape index (κ1) is 21.9. The van der Waals surface area contributed by atoms with Gasteiger partial charge in [-0.1, -0.05) is 24.2 Å². The number of piperidine rings is 1. The van der Waals surface area contributed by atoms with Gasteiger partial charge in [0.2, 0.25) is 0 Å². The molecule has 2 aromatic rings. The molecule has 3 atom stereocenters. The second kappa shape index (κ2) is 9.45. The first-order valence-electron chi connectivity index (χ1n) is 10.7. The van der Waals surface area contributed by atoms with E-state index in [1.54, 1.807) is 18.3 Å². The van der Waals surface area contributed by atoms with Crippen LogP contribution in [0.15, 0.2) is 30.5 Å². The summed E-state index contributed by atoms with van der Waals surface area (Å²) in [7, 11) is 0. The minimum atomic E-state index is -4.31. The molecule has 2 heterocycles. The maximum absolute atomic E-state index is 12.8. The van der Waals surface area contributed by atoms with Crippen LogP contribution in [0.4, 0.5) is 24.0 Å². The van der Waals surface area contributed by atoms with Gasteiger partial charge in [0.15, 0.2) is 5.13 Å². The molecule has 1 aliphatic carbocycles. The average Bonchev–Trinajstić information content (AvgIpc) is 3.22. The molecule has 2 aliphatic rings. The Labute approximate surface area is 184 Å². The molecule has 1 aromatic carbocycles. The number of hydrogen-bond donors (Lipinski definition) is 2. The van der Waals surface area contributed by atoms with Crippen molar-refractivity contribution in [2.45, 2.75) is 62.8 Å². The van der Waals surface area contributed by atoms with Gasteiger partial charge < -0.3 is 15.5 Å². The van der Waals surface area contributed by atoms with Gasteiger partial charge in [0.1, 0.15) is 10.9 Å². The highest BCUT2D eigenvalue weighted by atomic mass is 32.1. The molecule has 0 amide bonds. The molecule has 1 aliphatic heterocycles. The fourth-order valence-corrected chi connectivity index (χ4v) is 5.24. The van der Waals surface area contributed by atoms with Crippen LogP contribution in [0.5, 0.6) is 0 Å². The van der Waals surface area contributed by atoms with Crippen molar-refractivity contribution in [2.24, 2.45) is 0 Å². The van der Waals surface area contributed by atoms with Crippen molar-refractivity contribution >= 4 is 22.2 Å². The van der Waals surface area contributed by atoms with Gasteiger partial charge in [-0.2, -0.15) is 18.4 Å². The van der Waals surface area contributed by atoms with Crippen LogP contribution >= 0.6 is 11.3 Å². The third-order valence-electron chi connectivity index (χ3n) is 6.12. The van der Waals surface area contributed by atoms with Gasteiger partial charge in [-0.15, -0.1) is 0 Å². The first-order chi connectivity index (χ1) is 14.9. The Morgan fingerprint density at radius 2 is 1.81 bits per heavy atom. The van der Waals surface area contributed by atoms with E-state index in [0.717, 1.165) is 68.1 Å². The standard InChI is InChI=1S/C22H26F3N5S/c23-22(24,25)15-7-9-17(10-8-15)30-11-3-4-16(14-30)28-19-5-1-2-6-20(19)29-21-27-13-18(12-26)31-21/h7-10,13,16,19-20,28H,1-6,11,14H2,(H,27,29)/t16?,19-,20?/m1/s1. The molecule has 1 saturated carbocycles. The predicted octanol–water partition coefficient (Wildman–Crippen LogP) is 5.02. The molecule has 0 radical (unpaired) electrons. The Balaban J connectivity index is 1.37. The van der Waals surface area contributed by atoms with E-state index >= 15 is 0 Å². The lowest BCUT2D eigenvalue weighted by molar-refractivity contribution is -0.137. The summed E-state index contributed by atoms with van der Waals surface area (Å²) in [6.07, 6.45) is 3.80. The number of nitriles is 1. The number of hydrogen-bond acceptors (Lipinski definition) is 6. The van der Waals surface area contributed by atoms with Gasteiger partial charge in [0, 0.05) is 36.9 Å². The number of halogens is 3. The van der Waals surface area contributed by atoms with Crippen molar-refractivity contribution in [1.29, 1.82) is 5.26 Å². The molecule has 0 bridgehead atoms. The number of benzene rings is 1. The Bertz CT molecular complexity index is 905. The van der Waals surface area contributed by atoms with Crippen molar-refractivity contribution < 1.29 is 13.2 Å².